The fourth-order valence-electron chi connectivity index (χ4n) is 0.409. The fraction of sp³-hybridized carbons (Fsp3) is 0.857. The Balaban J connectivity index is 3.26. The van der Waals surface area contributed by atoms with Gasteiger partial charge in [-0.15, -0.1) is 0 Å². The van der Waals surface area contributed by atoms with E-state index in [-0.39, 0.29) is 6.10 Å². The molecule has 0 aromatic rings. The molecule has 0 spiro atoms. The zero-order valence-electron chi connectivity index (χ0n) is 6.46. The number of aliphatic hydroxyl groups is 1. The first-order chi connectivity index (χ1) is 4.70. The normalized spacial score (nSPS) is 12.7. The topological polar surface area (TPSA) is 29.5 Å². The van der Waals surface area contributed by atoms with Gasteiger partial charge in [-0.1, -0.05) is 13.8 Å². The number of hydrogen-bond acceptors (Lipinski definition) is 3. The molecular formula is C7H14O2S. The van der Waals surface area contributed by atoms with Gasteiger partial charge in [0.15, 0.2) is 5.05 Å². The second-order valence-electron chi connectivity index (χ2n) is 2.10. The average Bonchev–Trinajstić information content (AvgIpc) is 1.99. The van der Waals surface area contributed by atoms with Gasteiger partial charge in [-0.05, 0) is 18.6 Å². The number of hydrogen-bond donors (Lipinski definition) is 1. The van der Waals surface area contributed by atoms with E-state index in [1.54, 1.807) is 0 Å². The summed E-state index contributed by atoms with van der Waals surface area (Å²) >= 11 is 4.79. The zero-order valence-corrected chi connectivity index (χ0v) is 7.28. The van der Waals surface area contributed by atoms with Gasteiger partial charge in [-0.25, -0.2) is 0 Å². The van der Waals surface area contributed by atoms with Crippen molar-refractivity contribution in [3.05, 3.63) is 0 Å². The molecule has 2 nitrogen and oxygen atoms in total. The molecule has 0 heterocycles. The Morgan fingerprint density at radius 1 is 1.60 bits per heavy atom. The number of aliphatic hydroxyl groups excluding tert-OH is 1. The first-order valence-electron chi connectivity index (χ1n) is 3.54. The van der Waals surface area contributed by atoms with Crippen molar-refractivity contribution in [2.45, 2.75) is 32.8 Å². The minimum Gasteiger partial charge on any atom is -0.484 e. The van der Waals surface area contributed by atoms with Crippen LogP contribution in [0.2, 0.25) is 0 Å². The molecule has 0 aromatic carbocycles. The van der Waals surface area contributed by atoms with Crippen LogP contribution in [-0.4, -0.2) is 22.9 Å². The molecule has 3 heteroatoms. The zero-order chi connectivity index (χ0) is 7.98. The Morgan fingerprint density at radius 2 is 2.20 bits per heavy atom. The summed E-state index contributed by atoms with van der Waals surface area (Å²) in [5, 5.41) is 9.59. The lowest BCUT2D eigenvalue weighted by Gasteiger charge is -2.08. The maximum absolute atomic E-state index is 9.02. The van der Waals surface area contributed by atoms with Gasteiger partial charge in [0.2, 0.25) is 0 Å². The largest absolute Gasteiger partial charge is 0.484 e. The first-order valence-corrected chi connectivity index (χ1v) is 3.95. The lowest BCUT2D eigenvalue weighted by molar-refractivity contribution is 0.0991. The monoisotopic (exact) mass is 162 g/mol. The minimum absolute atomic E-state index is 0.336. The van der Waals surface area contributed by atoms with Gasteiger partial charge in [-0.2, -0.15) is 0 Å². The van der Waals surface area contributed by atoms with Gasteiger partial charge in [0, 0.05) is 6.42 Å². The summed E-state index contributed by atoms with van der Waals surface area (Å²) in [6, 6.07) is 0. The Labute approximate surface area is 67.2 Å². The molecule has 10 heavy (non-hydrogen) atoms. The molecule has 60 valence electrons. The molecule has 0 fully saturated rings. The van der Waals surface area contributed by atoms with E-state index < -0.39 is 0 Å². The van der Waals surface area contributed by atoms with Crippen molar-refractivity contribution >= 4 is 17.3 Å². The Bertz CT molecular complexity index is 104. The van der Waals surface area contributed by atoms with E-state index in [0.717, 1.165) is 6.42 Å². The summed E-state index contributed by atoms with van der Waals surface area (Å²) in [7, 11) is 0. The number of rotatable bonds is 4. The molecule has 0 bridgehead atoms. The van der Waals surface area contributed by atoms with Gasteiger partial charge in [0.25, 0.3) is 0 Å². The van der Waals surface area contributed by atoms with Crippen molar-refractivity contribution < 1.29 is 9.84 Å². The minimum atomic E-state index is -0.371. The summed E-state index contributed by atoms with van der Waals surface area (Å²) in [6.07, 6.45) is 1.09. The molecule has 1 atom stereocenters. The molecule has 0 saturated carbocycles. The second-order valence-corrected chi connectivity index (χ2v) is 2.55. The lowest BCUT2D eigenvalue weighted by Crippen LogP contribution is -2.15. The Morgan fingerprint density at radius 3 is 2.60 bits per heavy atom. The fourth-order valence-corrected chi connectivity index (χ4v) is 0.477. The van der Waals surface area contributed by atoms with Crippen LogP contribution in [0.25, 0.3) is 0 Å². The van der Waals surface area contributed by atoms with E-state index in [1.807, 2.05) is 13.8 Å². The van der Waals surface area contributed by atoms with Gasteiger partial charge in [0.05, 0.1) is 6.10 Å². The van der Waals surface area contributed by atoms with Crippen molar-refractivity contribution in [3.8, 4) is 0 Å². The highest BCUT2D eigenvalue weighted by Gasteiger charge is 2.01. The van der Waals surface area contributed by atoms with Gasteiger partial charge >= 0.3 is 0 Å². The maximum atomic E-state index is 9.02. The lowest BCUT2D eigenvalue weighted by atomic mass is 10.3. The van der Waals surface area contributed by atoms with Gasteiger partial charge < -0.3 is 9.84 Å². The van der Waals surface area contributed by atoms with Crippen LogP contribution in [0.5, 0.6) is 0 Å². The van der Waals surface area contributed by atoms with E-state index in [9.17, 15) is 0 Å². The van der Waals surface area contributed by atoms with E-state index in [2.05, 4.69) is 0 Å². The predicted molar refractivity (Wildman–Crippen MR) is 45.1 cm³/mol. The van der Waals surface area contributed by atoms with E-state index in [4.69, 9.17) is 22.1 Å². The van der Waals surface area contributed by atoms with Crippen LogP contribution in [0, 0.1) is 0 Å². The summed E-state index contributed by atoms with van der Waals surface area (Å²) in [4.78, 5) is 0. The van der Waals surface area contributed by atoms with Crippen molar-refractivity contribution in [2.75, 3.05) is 6.61 Å². The summed E-state index contributed by atoms with van der Waals surface area (Å²) in [6.45, 7) is 4.17. The summed E-state index contributed by atoms with van der Waals surface area (Å²) < 4.78 is 5.03. The van der Waals surface area contributed by atoms with E-state index in [1.165, 1.54) is 0 Å². The van der Waals surface area contributed by atoms with Crippen molar-refractivity contribution in [2.24, 2.45) is 0 Å². The predicted octanol–water partition coefficient (Wildman–Crippen LogP) is 1.51. The van der Waals surface area contributed by atoms with Crippen LogP contribution in [-0.2, 0) is 4.74 Å². The molecule has 0 aliphatic rings. The smallest absolute Gasteiger partial charge is 0.159 e. The molecule has 0 rings (SSSR count). The highest BCUT2D eigenvalue weighted by molar-refractivity contribution is 7.80. The van der Waals surface area contributed by atoms with Crippen LogP contribution in [0.1, 0.15) is 26.7 Å². The molecular weight excluding hydrogens is 148 g/mol. The van der Waals surface area contributed by atoms with Crippen molar-refractivity contribution in [1.82, 2.24) is 0 Å². The third-order valence-corrected chi connectivity index (χ3v) is 1.60. The first kappa shape index (κ1) is 9.85. The molecule has 0 aromatic heterocycles. The van der Waals surface area contributed by atoms with Crippen LogP contribution in [0.4, 0.5) is 0 Å². The van der Waals surface area contributed by atoms with Crippen LogP contribution >= 0.6 is 12.2 Å². The molecule has 0 aliphatic heterocycles. The molecule has 0 saturated heterocycles. The molecule has 0 radical (unpaired) electrons. The number of ether oxygens (including phenoxy) is 1. The highest BCUT2D eigenvalue weighted by atomic mass is 32.1. The second kappa shape index (κ2) is 5.62. The third-order valence-electron chi connectivity index (χ3n) is 1.20. The molecule has 0 aliphatic carbocycles. The molecule has 1 N–H and O–H groups in total. The summed E-state index contributed by atoms with van der Waals surface area (Å²) in [5.74, 6) is 0. The maximum Gasteiger partial charge on any atom is 0.159 e. The van der Waals surface area contributed by atoms with E-state index >= 15 is 0 Å². The van der Waals surface area contributed by atoms with Gasteiger partial charge in [0.1, 0.15) is 6.61 Å². The Hall–Kier alpha value is -0.150. The molecule has 0 amide bonds. The SMILES string of the molecule is CCC(=S)OCC(O)CC. The van der Waals surface area contributed by atoms with Gasteiger partial charge in [-0.3, -0.25) is 0 Å². The van der Waals surface area contributed by atoms with Crippen molar-refractivity contribution in [1.29, 1.82) is 0 Å². The highest BCUT2D eigenvalue weighted by Crippen LogP contribution is 1.94. The van der Waals surface area contributed by atoms with Crippen LogP contribution in [0.15, 0.2) is 0 Å². The van der Waals surface area contributed by atoms with Crippen molar-refractivity contribution in [3.63, 3.8) is 0 Å². The van der Waals surface area contributed by atoms with Crippen LogP contribution < -0.4 is 0 Å². The summed E-state index contributed by atoms with van der Waals surface area (Å²) in [5.41, 5.74) is 0. The molecule has 1 unspecified atom stereocenters. The standard InChI is InChI=1S/C7H14O2S/c1-3-6(8)5-9-7(10)4-2/h6,8H,3-5H2,1-2H3. The average molecular weight is 162 g/mol. The quantitative estimate of drug-likeness (QED) is 0.635. The van der Waals surface area contributed by atoms with Crippen LogP contribution in [0.3, 0.4) is 0 Å². The Kier molecular flexibility index (Phi) is 5.54. The third kappa shape index (κ3) is 4.70. The number of thiocarbonyl (C=S) groups is 1. The van der Waals surface area contributed by atoms with E-state index in [0.29, 0.717) is 18.1 Å².